The molecule has 148 valence electrons. The van der Waals surface area contributed by atoms with E-state index in [4.69, 9.17) is 4.74 Å². The van der Waals surface area contributed by atoms with Crippen LogP contribution >= 0.6 is 23.1 Å². The van der Waals surface area contributed by atoms with Gasteiger partial charge >= 0.3 is 10.8 Å². The van der Waals surface area contributed by atoms with Gasteiger partial charge in [0, 0.05) is 16.0 Å². The van der Waals surface area contributed by atoms with Gasteiger partial charge in [-0.2, -0.15) is 0 Å². The lowest BCUT2D eigenvalue weighted by Gasteiger charge is -2.40. The van der Waals surface area contributed by atoms with Crippen LogP contribution in [0.2, 0.25) is 0 Å². The topological polar surface area (TPSA) is 48.3 Å². The van der Waals surface area contributed by atoms with Crippen molar-refractivity contribution in [2.24, 2.45) is 17.8 Å². The Morgan fingerprint density at radius 1 is 1.25 bits per heavy atom. The summed E-state index contributed by atoms with van der Waals surface area (Å²) in [5, 5.41) is 1.38. The molecule has 5 rings (SSSR count). The van der Waals surface area contributed by atoms with Crippen molar-refractivity contribution in [2.45, 2.75) is 48.9 Å². The summed E-state index contributed by atoms with van der Waals surface area (Å²) in [4.78, 5) is 25.8. The van der Waals surface area contributed by atoms with Crippen molar-refractivity contribution in [1.82, 2.24) is 4.57 Å². The number of halogens is 1. The number of thioether (sulfide) groups is 1. The molecule has 0 spiro atoms. The maximum atomic E-state index is 13.5. The third kappa shape index (κ3) is 2.86. The van der Waals surface area contributed by atoms with Crippen molar-refractivity contribution in [3.8, 4) is 0 Å². The molecular formula is C21H22FNO3S2. The van der Waals surface area contributed by atoms with E-state index in [0.717, 1.165) is 15.5 Å². The number of benzene rings is 1. The molecule has 2 aliphatic carbocycles. The van der Waals surface area contributed by atoms with Crippen molar-refractivity contribution in [3.05, 3.63) is 50.2 Å². The summed E-state index contributed by atoms with van der Waals surface area (Å²) in [6.45, 7) is 2.04. The summed E-state index contributed by atoms with van der Waals surface area (Å²) in [7, 11) is 0. The van der Waals surface area contributed by atoms with Gasteiger partial charge in [0.1, 0.15) is 12.4 Å². The van der Waals surface area contributed by atoms with Gasteiger partial charge < -0.3 is 4.74 Å². The molecule has 4 nitrogen and oxygen atoms in total. The molecule has 0 N–H and O–H groups in total. The quantitative estimate of drug-likeness (QED) is 0.695. The molecule has 2 heterocycles. The summed E-state index contributed by atoms with van der Waals surface area (Å²) in [5.41, 5.74) is 1.08. The molecule has 5 atom stereocenters. The van der Waals surface area contributed by atoms with Crippen LogP contribution in [0.4, 0.5) is 4.39 Å². The molecule has 2 fully saturated rings. The molecule has 28 heavy (non-hydrogen) atoms. The highest BCUT2D eigenvalue weighted by molar-refractivity contribution is 8.00. The maximum absolute atomic E-state index is 13.5. The second-order valence-corrected chi connectivity index (χ2v) is 10.1. The van der Waals surface area contributed by atoms with Crippen molar-refractivity contribution in [3.63, 3.8) is 0 Å². The number of aromatic nitrogens is 1. The van der Waals surface area contributed by atoms with Gasteiger partial charge in [0.05, 0.1) is 11.6 Å². The molecule has 0 radical (unpaired) electrons. The molecule has 1 aromatic heterocycles. The van der Waals surface area contributed by atoms with E-state index in [-0.39, 0.29) is 29.1 Å². The van der Waals surface area contributed by atoms with E-state index in [9.17, 15) is 14.0 Å². The summed E-state index contributed by atoms with van der Waals surface area (Å²) in [6, 6.07) is 6.75. The zero-order chi connectivity index (χ0) is 19.4. The van der Waals surface area contributed by atoms with Gasteiger partial charge in [0.25, 0.3) is 0 Å². The molecule has 5 unspecified atom stereocenters. The van der Waals surface area contributed by atoms with Crippen LogP contribution in [-0.4, -0.2) is 22.4 Å². The third-order valence-electron chi connectivity index (χ3n) is 6.51. The number of hydrogen-bond donors (Lipinski definition) is 0. The average Bonchev–Trinajstić information content (AvgIpc) is 3.36. The first-order valence-corrected chi connectivity index (χ1v) is 11.6. The minimum Gasteiger partial charge on any atom is -0.465 e. The van der Waals surface area contributed by atoms with E-state index in [1.54, 1.807) is 23.3 Å². The van der Waals surface area contributed by atoms with Crippen LogP contribution in [0.25, 0.3) is 0 Å². The highest BCUT2D eigenvalue weighted by Crippen LogP contribution is 2.63. The van der Waals surface area contributed by atoms with Crippen LogP contribution in [0.15, 0.2) is 34.1 Å². The van der Waals surface area contributed by atoms with Crippen LogP contribution in [0.5, 0.6) is 0 Å². The number of fused-ring (bicyclic) bond motifs is 6. The number of ether oxygens (including phenoxy) is 1. The predicted molar refractivity (Wildman–Crippen MR) is 107 cm³/mol. The van der Waals surface area contributed by atoms with E-state index in [2.05, 4.69) is 0 Å². The Kier molecular flexibility index (Phi) is 4.62. The van der Waals surface area contributed by atoms with Gasteiger partial charge in [-0.05, 0) is 61.6 Å². The fraction of sp³-hybridized carbons (Fsp3) is 0.524. The minimum absolute atomic E-state index is 0.0346. The maximum Gasteiger partial charge on any atom is 0.326 e. The monoisotopic (exact) mass is 419 g/mol. The average molecular weight is 420 g/mol. The Balaban J connectivity index is 1.61. The molecule has 1 aliphatic heterocycles. The number of hydrogen-bond acceptors (Lipinski definition) is 5. The standard InChI is InChI=1S/C21H22FNO3S2/c1-2-26-15(24)10-23-20-19(28-21(23)25)16(11-5-7-14(22)8-6-11)17-12-3-4-13(9-12)18(17)27-20/h5-8,12-13,16-18H,2-4,9-10H2,1H3. The van der Waals surface area contributed by atoms with Crippen LogP contribution in [0.1, 0.15) is 42.5 Å². The summed E-state index contributed by atoms with van der Waals surface area (Å²) in [6.07, 6.45) is 3.74. The number of esters is 1. The van der Waals surface area contributed by atoms with Gasteiger partial charge in [-0.1, -0.05) is 23.5 Å². The van der Waals surface area contributed by atoms with Gasteiger partial charge in [-0.3, -0.25) is 14.2 Å². The number of carbonyl (C=O) groups excluding carboxylic acids is 1. The zero-order valence-electron chi connectivity index (χ0n) is 15.6. The second kappa shape index (κ2) is 7.02. The van der Waals surface area contributed by atoms with Gasteiger partial charge in [0.2, 0.25) is 0 Å². The summed E-state index contributed by atoms with van der Waals surface area (Å²) >= 11 is 3.04. The van der Waals surface area contributed by atoms with Crippen molar-refractivity contribution >= 4 is 29.1 Å². The van der Waals surface area contributed by atoms with Crippen molar-refractivity contribution < 1.29 is 13.9 Å². The molecule has 1 aromatic carbocycles. The molecule has 2 aromatic rings. The number of thiazole rings is 1. The lowest BCUT2D eigenvalue weighted by molar-refractivity contribution is -0.144. The highest BCUT2D eigenvalue weighted by Gasteiger charge is 2.55. The van der Waals surface area contributed by atoms with Crippen molar-refractivity contribution in [2.75, 3.05) is 6.61 Å². The Morgan fingerprint density at radius 2 is 2.00 bits per heavy atom. The first-order valence-electron chi connectivity index (χ1n) is 9.88. The lowest BCUT2D eigenvalue weighted by Crippen LogP contribution is -2.34. The number of carbonyl (C=O) groups is 1. The van der Waals surface area contributed by atoms with Gasteiger partial charge in [0.15, 0.2) is 0 Å². The van der Waals surface area contributed by atoms with Crippen molar-refractivity contribution in [1.29, 1.82) is 0 Å². The smallest absolute Gasteiger partial charge is 0.326 e. The summed E-state index contributed by atoms with van der Waals surface area (Å²) in [5.74, 6) is 1.31. The Bertz CT molecular complexity index is 967. The fourth-order valence-corrected chi connectivity index (χ4v) is 8.62. The molecule has 2 bridgehead atoms. The fourth-order valence-electron chi connectivity index (χ4n) is 5.47. The molecule has 2 saturated carbocycles. The molecule has 0 saturated heterocycles. The van der Waals surface area contributed by atoms with Crippen LogP contribution < -0.4 is 4.87 Å². The first-order chi connectivity index (χ1) is 13.6. The Morgan fingerprint density at radius 3 is 2.75 bits per heavy atom. The second-order valence-electron chi connectivity index (χ2n) is 7.95. The van der Waals surface area contributed by atoms with E-state index in [0.29, 0.717) is 29.6 Å². The van der Waals surface area contributed by atoms with Crippen LogP contribution in [-0.2, 0) is 16.1 Å². The lowest BCUT2D eigenvalue weighted by atomic mass is 9.75. The third-order valence-corrected chi connectivity index (χ3v) is 9.34. The molecule has 7 heteroatoms. The highest BCUT2D eigenvalue weighted by atomic mass is 32.2. The van der Waals surface area contributed by atoms with Gasteiger partial charge in [-0.15, -0.1) is 11.8 Å². The zero-order valence-corrected chi connectivity index (χ0v) is 17.2. The van der Waals surface area contributed by atoms with E-state index in [1.165, 1.54) is 42.7 Å². The van der Waals surface area contributed by atoms with E-state index in [1.807, 2.05) is 12.1 Å². The number of rotatable bonds is 4. The van der Waals surface area contributed by atoms with Gasteiger partial charge in [-0.25, -0.2) is 4.39 Å². The Hall–Kier alpha value is -1.60. The number of nitrogens with zero attached hydrogens (tertiary/aromatic N) is 1. The summed E-state index contributed by atoms with van der Waals surface area (Å²) < 4.78 is 20.2. The van der Waals surface area contributed by atoms with E-state index < -0.39 is 0 Å². The minimum atomic E-state index is -0.376. The molecule has 0 amide bonds. The van der Waals surface area contributed by atoms with Crippen LogP contribution in [0.3, 0.4) is 0 Å². The predicted octanol–water partition coefficient (Wildman–Crippen LogP) is 4.26. The molecular weight excluding hydrogens is 397 g/mol. The Labute approximate surface area is 171 Å². The van der Waals surface area contributed by atoms with Crippen LogP contribution in [0, 0.1) is 23.6 Å². The first kappa shape index (κ1) is 18.4. The van der Waals surface area contributed by atoms with E-state index >= 15 is 0 Å². The molecule has 3 aliphatic rings. The normalized spacial score (nSPS) is 30.1. The SMILES string of the molecule is CCOC(=O)Cn1c2c(sc1=O)C(c1ccc(F)cc1)C1C3CCC(C3)C1S2. The largest absolute Gasteiger partial charge is 0.465 e.